The van der Waals surface area contributed by atoms with Crippen molar-refractivity contribution in [3.8, 4) is 5.75 Å². The lowest BCUT2D eigenvalue weighted by atomic mass is 10.1. The molecule has 0 amide bonds. The predicted octanol–water partition coefficient (Wildman–Crippen LogP) is 7.03. The molecule has 186 valence electrons. The van der Waals surface area contributed by atoms with E-state index in [4.69, 9.17) is 14.6 Å². The zero-order chi connectivity index (χ0) is 24.7. The molecule has 5 nitrogen and oxygen atoms in total. The van der Waals surface area contributed by atoms with Crippen LogP contribution >= 0.6 is 0 Å². The van der Waals surface area contributed by atoms with Crippen molar-refractivity contribution in [3.05, 3.63) is 108 Å². The van der Waals surface area contributed by atoms with Gasteiger partial charge in [-0.3, -0.25) is 4.90 Å². The van der Waals surface area contributed by atoms with Gasteiger partial charge in [-0.2, -0.15) is 5.10 Å². The molecule has 0 aliphatic carbocycles. The maximum Gasteiger partial charge on any atom is 0.150 e. The predicted molar refractivity (Wildman–Crippen MR) is 145 cm³/mol. The molecule has 1 atom stereocenters. The third-order valence-electron chi connectivity index (χ3n) is 6.76. The van der Waals surface area contributed by atoms with Gasteiger partial charge in [0.25, 0.3) is 0 Å². The van der Waals surface area contributed by atoms with Crippen LogP contribution in [0.4, 0.5) is 0 Å². The molecule has 3 aromatic carbocycles. The molecule has 0 spiro atoms. The molecule has 1 aromatic heterocycles. The number of nitrogens with zero attached hydrogens (tertiary/aromatic N) is 3. The summed E-state index contributed by atoms with van der Waals surface area (Å²) in [6.45, 7) is 9.71. The van der Waals surface area contributed by atoms with Crippen LogP contribution in [0.3, 0.4) is 0 Å². The molecule has 1 unspecified atom stereocenters. The van der Waals surface area contributed by atoms with Gasteiger partial charge in [0.1, 0.15) is 5.75 Å². The lowest BCUT2D eigenvalue weighted by Crippen LogP contribution is -2.24. The van der Waals surface area contributed by atoms with Crippen LogP contribution in [0.5, 0.6) is 5.75 Å². The first-order valence-corrected chi connectivity index (χ1v) is 12.9. The first-order valence-electron chi connectivity index (χ1n) is 12.9. The van der Waals surface area contributed by atoms with Gasteiger partial charge in [0.2, 0.25) is 0 Å². The maximum atomic E-state index is 6.19. The molecule has 0 N–H and O–H groups in total. The molecular weight excluding hydrogens is 446 g/mol. The number of rotatable bonds is 10. The van der Waals surface area contributed by atoms with E-state index < -0.39 is 0 Å². The van der Waals surface area contributed by atoms with E-state index in [1.165, 1.54) is 17.5 Å². The summed E-state index contributed by atoms with van der Waals surface area (Å²) in [5.74, 6) is 1.57. The molecule has 1 aliphatic rings. The summed E-state index contributed by atoms with van der Waals surface area (Å²) in [5, 5.41) is 5.88. The van der Waals surface area contributed by atoms with Crippen molar-refractivity contribution >= 4 is 10.9 Å². The fraction of sp³-hybridized carbons (Fsp3) is 0.323. The molecule has 0 bridgehead atoms. The van der Waals surface area contributed by atoms with Gasteiger partial charge in [-0.05, 0) is 55.5 Å². The Morgan fingerprint density at radius 1 is 1.00 bits per heavy atom. The van der Waals surface area contributed by atoms with Crippen molar-refractivity contribution in [2.24, 2.45) is 0 Å². The number of aromatic nitrogens is 2. The molecule has 2 heterocycles. The van der Waals surface area contributed by atoms with Gasteiger partial charge in [-0.15, -0.1) is 0 Å². The van der Waals surface area contributed by atoms with Crippen LogP contribution in [0.1, 0.15) is 48.7 Å². The van der Waals surface area contributed by atoms with Gasteiger partial charge in [0.15, 0.2) is 6.23 Å². The second-order valence-corrected chi connectivity index (χ2v) is 9.60. The van der Waals surface area contributed by atoms with Crippen molar-refractivity contribution in [2.45, 2.75) is 51.9 Å². The largest absolute Gasteiger partial charge is 0.462 e. The highest BCUT2D eigenvalue weighted by atomic mass is 16.5. The molecule has 1 fully saturated rings. The molecule has 0 radical (unpaired) electrons. The molecule has 1 aliphatic heterocycles. The third kappa shape index (κ3) is 6.04. The Kier molecular flexibility index (Phi) is 7.79. The third-order valence-corrected chi connectivity index (χ3v) is 6.76. The number of hydrogen-bond acceptors (Lipinski definition) is 4. The Hall–Kier alpha value is -3.41. The van der Waals surface area contributed by atoms with E-state index in [2.05, 4.69) is 84.3 Å². The minimum Gasteiger partial charge on any atom is -0.462 e. The van der Waals surface area contributed by atoms with E-state index in [1.807, 2.05) is 17.7 Å². The Bertz CT molecular complexity index is 1240. The average molecular weight is 482 g/mol. The van der Waals surface area contributed by atoms with Crippen molar-refractivity contribution in [3.63, 3.8) is 0 Å². The van der Waals surface area contributed by atoms with Gasteiger partial charge in [-0.25, -0.2) is 4.68 Å². The Labute approximate surface area is 214 Å². The smallest absolute Gasteiger partial charge is 0.150 e. The molecule has 5 rings (SSSR count). The quantitative estimate of drug-likeness (QED) is 0.228. The monoisotopic (exact) mass is 481 g/mol. The van der Waals surface area contributed by atoms with Crippen molar-refractivity contribution in [1.29, 1.82) is 0 Å². The van der Waals surface area contributed by atoms with Crippen molar-refractivity contribution < 1.29 is 9.47 Å². The van der Waals surface area contributed by atoms with Crippen LogP contribution in [0.2, 0.25) is 0 Å². The van der Waals surface area contributed by atoms with E-state index in [1.54, 1.807) is 0 Å². The number of aryl methyl sites for hydroxylation is 1. The second kappa shape index (κ2) is 11.5. The van der Waals surface area contributed by atoms with Crippen LogP contribution in [0, 0.1) is 6.92 Å². The zero-order valence-electron chi connectivity index (χ0n) is 21.1. The topological polar surface area (TPSA) is 39.5 Å². The average Bonchev–Trinajstić information content (AvgIpc) is 3.25. The van der Waals surface area contributed by atoms with Gasteiger partial charge in [0.05, 0.1) is 17.0 Å². The van der Waals surface area contributed by atoms with Crippen LogP contribution in [0.25, 0.3) is 10.9 Å². The van der Waals surface area contributed by atoms with Crippen LogP contribution in [-0.2, 0) is 17.8 Å². The van der Waals surface area contributed by atoms with Gasteiger partial charge in [-0.1, -0.05) is 67.2 Å². The zero-order valence-corrected chi connectivity index (χ0v) is 21.1. The first kappa shape index (κ1) is 24.3. The Morgan fingerprint density at radius 3 is 2.33 bits per heavy atom. The maximum absolute atomic E-state index is 6.19. The van der Waals surface area contributed by atoms with E-state index in [9.17, 15) is 0 Å². The number of hydrogen-bond donors (Lipinski definition) is 0. The Balaban J connectivity index is 1.24. The molecule has 4 aromatic rings. The van der Waals surface area contributed by atoms with Crippen molar-refractivity contribution in [2.75, 3.05) is 13.2 Å². The Morgan fingerprint density at radius 2 is 1.69 bits per heavy atom. The second-order valence-electron chi connectivity index (χ2n) is 9.60. The number of fused-ring (bicyclic) bond motifs is 1. The first-order chi connectivity index (χ1) is 17.7. The van der Waals surface area contributed by atoms with Gasteiger partial charge in [0, 0.05) is 38.0 Å². The minimum absolute atomic E-state index is 0.0249. The number of ether oxygens (including phenoxy) is 2. The molecule has 36 heavy (non-hydrogen) atoms. The summed E-state index contributed by atoms with van der Waals surface area (Å²) < 4.78 is 14.2. The summed E-state index contributed by atoms with van der Waals surface area (Å²) in [6.07, 6.45) is 4.09. The highest BCUT2D eigenvalue weighted by Crippen LogP contribution is 2.30. The van der Waals surface area contributed by atoms with E-state index in [0.717, 1.165) is 73.6 Å². The summed E-state index contributed by atoms with van der Waals surface area (Å²) >= 11 is 0. The van der Waals surface area contributed by atoms with E-state index >= 15 is 0 Å². The molecular formula is C31H35N3O2. The van der Waals surface area contributed by atoms with Gasteiger partial charge >= 0.3 is 0 Å². The molecule has 5 heteroatoms. The fourth-order valence-corrected chi connectivity index (χ4v) is 4.87. The lowest BCUT2D eigenvalue weighted by Gasteiger charge is -2.23. The highest BCUT2D eigenvalue weighted by molar-refractivity contribution is 5.83. The SMILES string of the molecule is C=C(CCN(Cc1ccccc1)Cc1ccccc1)Oc1ccc2c(c1)c(C)nn2C1CCCCO1. The van der Waals surface area contributed by atoms with Crippen molar-refractivity contribution in [1.82, 2.24) is 14.7 Å². The van der Waals surface area contributed by atoms with Crippen LogP contribution in [-0.4, -0.2) is 27.8 Å². The standard InChI is InChI=1S/C31H35N3O2/c1-24(18-19-33(22-26-11-5-3-6-12-26)23-27-13-7-4-8-14-27)36-28-16-17-30-29(21-28)25(2)32-34(30)31-15-9-10-20-35-31/h3-8,11-14,16-17,21,31H,1,9-10,15,18-20,22-23H2,2H3. The fourth-order valence-electron chi connectivity index (χ4n) is 4.87. The van der Waals surface area contributed by atoms with Gasteiger partial charge < -0.3 is 9.47 Å². The highest BCUT2D eigenvalue weighted by Gasteiger charge is 2.20. The van der Waals surface area contributed by atoms with E-state index in [-0.39, 0.29) is 6.23 Å². The van der Waals surface area contributed by atoms with E-state index in [0.29, 0.717) is 0 Å². The van der Waals surface area contributed by atoms with Crippen LogP contribution < -0.4 is 4.74 Å². The summed E-state index contributed by atoms with van der Waals surface area (Å²) in [7, 11) is 0. The molecule has 0 saturated carbocycles. The molecule has 1 saturated heterocycles. The normalized spacial score (nSPS) is 15.9. The summed E-state index contributed by atoms with van der Waals surface area (Å²) in [5.41, 5.74) is 4.70. The minimum atomic E-state index is 0.0249. The summed E-state index contributed by atoms with van der Waals surface area (Å²) in [4.78, 5) is 2.45. The van der Waals surface area contributed by atoms with Crippen LogP contribution in [0.15, 0.2) is 91.2 Å². The summed E-state index contributed by atoms with van der Waals surface area (Å²) in [6, 6.07) is 27.4. The number of benzene rings is 3. The lowest BCUT2D eigenvalue weighted by molar-refractivity contribution is -0.0368.